The second-order valence-electron chi connectivity index (χ2n) is 8.35. The lowest BCUT2D eigenvalue weighted by atomic mass is 9.94. The summed E-state index contributed by atoms with van der Waals surface area (Å²) in [6.07, 6.45) is 3.13. The molecule has 1 saturated carbocycles. The summed E-state index contributed by atoms with van der Waals surface area (Å²) in [5, 5.41) is 2.92. The number of hydrogen-bond acceptors (Lipinski definition) is 6. The molecule has 2 aliphatic rings. The first kappa shape index (κ1) is 21.4. The van der Waals surface area contributed by atoms with E-state index in [1.54, 1.807) is 30.5 Å². The fourth-order valence-corrected chi connectivity index (χ4v) is 4.84. The number of carbonyl (C=O) groups excluding carboxylic acids is 1. The van der Waals surface area contributed by atoms with Crippen LogP contribution in [0.2, 0.25) is 0 Å². The lowest BCUT2D eigenvalue weighted by molar-refractivity contribution is -0.118. The summed E-state index contributed by atoms with van der Waals surface area (Å²) in [7, 11) is -0.537. The zero-order valence-electron chi connectivity index (χ0n) is 18.2. The van der Waals surface area contributed by atoms with Crippen LogP contribution in [-0.2, 0) is 20.2 Å². The molecule has 33 heavy (non-hydrogen) atoms. The predicted octanol–water partition coefficient (Wildman–Crippen LogP) is 3.64. The van der Waals surface area contributed by atoms with E-state index in [-0.39, 0.29) is 19.0 Å². The molecule has 1 aromatic heterocycles. The molecule has 1 aliphatic heterocycles. The molecule has 5 rings (SSSR count). The van der Waals surface area contributed by atoms with Crippen molar-refractivity contribution in [1.82, 2.24) is 9.29 Å². The van der Waals surface area contributed by atoms with Gasteiger partial charge in [-0.1, -0.05) is 18.2 Å². The molecule has 0 unspecified atom stereocenters. The van der Waals surface area contributed by atoms with Crippen LogP contribution < -0.4 is 14.8 Å². The van der Waals surface area contributed by atoms with Crippen molar-refractivity contribution in [3.8, 4) is 22.6 Å². The van der Waals surface area contributed by atoms with Crippen molar-refractivity contribution in [1.29, 1.82) is 0 Å². The van der Waals surface area contributed by atoms with Gasteiger partial charge in [0.1, 0.15) is 5.82 Å². The van der Waals surface area contributed by atoms with Crippen molar-refractivity contribution in [2.24, 2.45) is 0 Å². The molecule has 9 heteroatoms. The molecule has 1 fully saturated rings. The van der Waals surface area contributed by atoms with E-state index >= 15 is 0 Å². The Morgan fingerprint density at radius 1 is 1.03 bits per heavy atom. The van der Waals surface area contributed by atoms with Gasteiger partial charge in [-0.05, 0) is 60.4 Å². The Bertz CT molecular complexity index is 1340. The summed E-state index contributed by atoms with van der Waals surface area (Å²) in [6, 6.07) is 15.8. The number of sulfonamides is 1. The molecule has 0 bridgehead atoms. The maximum atomic E-state index is 13.1. The number of carbonyl (C=O) groups is 1. The Labute approximate surface area is 193 Å². The van der Waals surface area contributed by atoms with Gasteiger partial charge in [-0.3, -0.25) is 4.79 Å². The average molecular weight is 468 g/mol. The number of nitrogens with zero attached hydrogens (tertiary/aromatic N) is 2. The van der Waals surface area contributed by atoms with E-state index in [4.69, 9.17) is 9.47 Å². The number of ether oxygens (including phenoxy) is 2. The van der Waals surface area contributed by atoms with E-state index < -0.39 is 15.4 Å². The van der Waals surface area contributed by atoms with Crippen LogP contribution in [0.25, 0.3) is 11.1 Å². The van der Waals surface area contributed by atoms with Crippen LogP contribution in [0, 0.1) is 0 Å². The molecular formula is C24H25N3O5S. The van der Waals surface area contributed by atoms with Crippen molar-refractivity contribution < 1.29 is 24.1 Å². The highest BCUT2D eigenvalue weighted by molar-refractivity contribution is 7.89. The molecule has 1 amide bonds. The van der Waals surface area contributed by atoms with Gasteiger partial charge in [0.25, 0.3) is 0 Å². The number of fused-ring (bicyclic) bond motifs is 1. The number of pyridine rings is 1. The zero-order valence-corrected chi connectivity index (χ0v) is 19.1. The highest BCUT2D eigenvalue weighted by Gasteiger charge is 2.51. The third-order valence-corrected chi connectivity index (χ3v) is 7.87. The van der Waals surface area contributed by atoms with Gasteiger partial charge in [-0.25, -0.2) is 17.7 Å². The molecule has 1 aliphatic carbocycles. The lowest BCUT2D eigenvalue weighted by Gasteiger charge is -2.16. The number of hydrogen-bond donors (Lipinski definition) is 1. The van der Waals surface area contributed by atoms with Gasteiger partial charge in [0, 0.05) is 27.3 Å². The maximum Gasteiger partial charge on any atom is 0.242 e. The lowest BCUT2D eigenvalue weighted by Crippen LogP contribution is -2.28. The van der Waals surface area contributed by atoms with E-state index in [9.17, 15) is 13.2 Å². The Morgan fingerprint density at radius 2 is 1.82 bits per heavy atom. The standard InChI is InChI=1S/C24H23N3O5S.H2/c1-27(2)33(29,30)19-5-3-4-16(12-19)17-6-9-22(25-14-17)26-23(28)24(10-11-24)18-7-8-20-21(13-18)32-15-31-20;/h3-9,12-14H,10-11,15H2,1-2H3,(H,25,26,28);1H. The SMILES string of the molecule is CN(C)S(=O)(=O)c1cccc(-c2ccc(NC(=O)C3(c4ccc5c(c4)OCO5)CC3)nc2)c1.[HH]. The van der Waals surface area contributed by atoms with Crippen LogP contribution in [0.1, 0.15) is 19.8 Å². The fraction of sp³-hybridized carbons (Fsp3) is 0.250. The largest absolute Gasteiger partial charge is 0.454 e. The molecule has 172 valence electrons. The average Bonchev–Trinajstić information content (AvgIpc) is 3.50. The number of rotatable bonds is 6. The molecule has 0 spiro atoms. The van der Waals surface area contributed by atoms with E-state index in [2.05, 4.69) is 10.3 Å². The summed E-state index contributed by atoms with van der Waals surface area (Å²) in [5.74, 6) is 1.68. The van der Waals surface area contributed by atoms with Gasteiger partial charge < -0.3 is 14.8 Å². The van der Waals surface area contributed by atoms with Crippen LogP contribution in [0.4, 0.5) is 5.82 Å². The molecule has 1 N–H and O–H groups in total. The molecule has 0 atom stereocenters. The maximum absolute atomic E-state index is 13.1. The van der Waals surface area contributed by atoms with Gasteiger partial charge in [0.05, 0.1) is 10.3 Å². The van der Waals surface area contributed by atoms with E-state index in [1.165, 1.54) is 18.4 Å². The Morgan fingerprint density at radius 3 is 2.52 bits per heavy atom. The van der Waals surface area contributed by atoms with Gasteiger partial charge in [0.2, 0.25) is 22.7 Å². The fourth-order valence-electron chi connectivity index (χ4n) is 3.89. The van der Waals surface area contributed by atoms with Crippen molar-refractivity contribution >= 4 is 21.7 Å². The van der Waals surface area contributed by atoms with Crippen molar-refractivity contribution in [3.05, 3.63) is 66.4 Å². The van der Waals surface area contributed by atoms with E-state index in [0.717, 1.165) is 29.5 Å². The summed E-state index contributed by atoms with van der Waals surface area (Å²) in [4.78, 5) is 17.7. The summed E-state index contributed by atoms with van der Waals surface area (Å²) in [5.41, 5.74) is 1.79. The number of aromatic nitrogens is 1. The summed E-state index contributed by atoms with van der Waals surface area (Å²) >= 11 is 0. The minimum atomic E-state index is -3.53. The number of nitrogens with one attached hydrogen (secondary N) is 1. The number of benzene rings is 2. The summed E-state index contributed by atoms with van der Waals surface area (Å²) in [6.45, 7) is 0.193. The zero-order chi connectivity index (χ0) is 23.2. The van der Waals surface area contributed by atoms with Gasteiger partial charge >= 0.3 is 0 Å². The van der Waals surface area contributed by atoms with Gasteiger partial charge in [-0.15, -0.1) is 0 Å². The van der Waals surface area contributed by atoms with Crippen molar-refractivity contribution in [2.75, 3.05) is 26.2 Å². The highest BCUT2D eigenvalue weighted by atomic mass is 32.2. The third-order valence-electron chi connectivity index (χ3n) is 6.06. The van der Waals surface area contributed by atoms with Crippen LogP contribution in [0.3, 0.4) is 0 Å². The predicted molar refractivity (Wildman–Crippen MR) is 125 cm³/mol. The van der Waals surface area contributed by atoms with Crippen LogP contribution in [-0.4, -0.2) is 44.5 Å². The smallest absolute Gasteiger partial charge is 0.242 e. The minimum Gasteiger partial charge on any atom is -0.454 e. The molecule has 0 radical (unpaired) electrons. The topological polar surface area (TPSA) is 97.8 Å². The first-order valence-electron chi connectivity index (χ1n) is 10.5. The van der Waals surface area contributed by atoms with Gasteiger partial charge in [-0.2, -0.15) is 0 Å². The number of anilines is 1. The van der Waals surface area contributed by atoms with Crippen LogP contribution in [0.5, 0.6) is 11.5 Å². The Kier molecular flexibility index (Phi) is 5.10. The van der Waals surface area contributed by atoms with Crippen molar-refractivity contribution in [3.63, 3.8) is 0 Å². The molecule has 0 saturated heterocycles. The first-order valence-corrected chi connectivity index (χ1v) is 11.9. The third kappa shape index (κ3) is 3.83. The second-order valence-corrected chi connectivity index (χ2v) is 10.5. The molecule has 2 heterocycles. The highest BCUT2D eigenvalue weighted by Crippen LogP contribution is 2.51. The molecular weight excluding hydrogens is 442 g/mol. The normalized spacial score (nSPS) is 16.0. The van der Waals surface area contributed by atoms with Gasteiger partial charge in [0.15, 0.2) is 11.5 Å². The van der Waals surface area contributed by atoms with E-state index in [0.29, 0.717) is 17.3 Å². The number of amides is 1. The molecule has 3 aromatic rings. The molecule has 2 aromatic carbocycles. The quantitative estimate of drug-likeness (QED) is 0.594. The van der Waals surface area contributed by atoms with E-state index in [1.807, 2.05) is 30.3 Å². The Hall–Kier alpha value is -3.43. The molecule has 8 nitrogen and oxygen atoms in total. The summed E-state index contributed by atoms with van der Waals surface area (Å²) < 4.78 is 36.8. The Balaban J connectivity index is 0.00000274. The van der Waals surface area contributed by atoms with Crippen LogP contribution >= 0.6 is 0 Å². The second kappa shape index (κ2) is 7.86. The van der Waals surface area contributed by atoms with Crippen LogP contribution in [0.15, 0.2) is 65.7 Å². The monoisotopic (exact) mass is 467 g/mol. The minimum absolute atomic E-state index is 0. The first-order chi connectivity index (χ1) is 15.8. The van der Waals surface area contributed by atoms with Crippen molar-refractivity contribution in [2.45, 2.75) is 23.2 Å².